The maximum atomic E-state index is 10.0. The minimum absolute atomic E-state index is 0.172. The smallest absolute Gasteiger partial charge is 0.191 e. The zero-order chi connectivity index (χ0) is 18.2. The highest BCUT2D eigenvalue weighted by Crippen LogP contribution is 2.26. The molecule has 26 heavy (non-hydrogen) atoms. The molecule has 1 aliphatic carbocycles. The van der Waals surface area contributed by atoms with Gasteiger partial charge in [-0.1, -0.05) is 12.8 Å². The van der Waals surface area contributed by atoms with Crippen LogP contribution in [0.3, 0.4) is 0 Å². The van der Waals surface area contributed by atoms with Gasteiger partial charge in [0.25, 0.3) is 0 Å². The van der Waals surface area contributed by atoms with Crippen LogP contribution in [0.1, 0.15) is 57.3 Å². The Balaban J connectivity index is 1.62. The zero-order valence-corrected chi connectivity index (χ0v) is 16.0. The third-order valence-electron chi connectivity index (χ3n) is 5.62. The lowest BCUT2D eigenvalue weighted by atomic mass is 10.1. The fourth-order valence-electron chi connectivity index (χ4n) is 4.10. The first-order valence-electron chi connectivity index (χ1n) is 10.3. The summed E-state index contributed by atoms with van der Waals surface area (Å²) in [5.74, 6) is 2.17. The molecule has 6 nitrogen and oxygen atoms in total. The Hall–Kier alpha value is -1.53. The molecular weight excluding hydrogens is 328 g/mol. The second-order valence-electron chi connectivity index (χ2n) is 7.49. The number of aliphatic hydroxyl groups excluding tert-OH is 1. The van der Waals surface area contributed by atoms with Gasteiger partial charge in [0.2, 0.25) is 0 Å². The summed E-state index contributed by atoms with van der Waals surface area (Å²) < 4.78 is 5.71. The molecule has 0 spiro atoms. The Kier molecular flexibility index (Phi) is 7.38. The van der Waals surface area contributed by atoms with Gasteiger partial charge in [0.05, 0.1) is 25.0 Å². The molecule has 146 valence electrons. The predicted octanol–water partition coefficient (Wildman–Crippen LogP) is 2.52. The number of guanidine groups is 1. The van der Waals surface area contributed by atoms with Crippen molar-refractivity contribution < 1.29 is 9.52 Å². The Morgan fingerprint density at radius 3 is 2.77 bits per heavy atom. The molecule has 1 aromatic heterocycles. The number of piperidine rings is 1. The molecule has 3 N–H and O–H groups in total. The second kappa shape index (κ2) is 9.97. The molecule has 1 aromatic rings. The summed E-state index contributed by atoms with van der Waals surface area (Å²) in [6, 6.07) is 4.21. The van der Waals surface area contributed by atoms with Gasteiger partial charge in [-0.15, -0.1) is 0 Å². The summed E-state index contributed by atoms with van der Waals surface area (Å²) in [5.41, 5.74) is 0. The summed E-state index contributed by atoms with van der Waals surface area (Å²) in [4.78, 5) is 7.34. The van der Waals surface area contributed by atoms with Crippen LogP contribution in [-0.2, 0) is 0 Å². The van der Waals surface area contributed by atoms with Gasteiger partial charge in [-0.25, -0.2) is 0 Å². The average molecular weight is 363 g/mol. The van der Waals surface area contributed by atoms with Gasteiger partial charge in [0.15, 0.2) is 5.96 Å². The van der Waals surface area contributed by atoms with Crippen LogP contribution < -0.4 is 10.6 Å². The summed E-state index contributed by atoms with van der Waals surface area (Å²) in [6.45, 7) is 6.58. The highest BCUT2D eigenvalue weighted by Gasteiger charge is 2.26. The molecule has 2 heterocycles. The average Bonchev–Trinajstić information content (AvgIpc) is 3.33. The monoisotopic (exact) mass is 362 g/mol. The molecular formula is C20H34N4O2. The molecule has 0 amide bonds. The number of nitrogens with one attached hydrogen (secondary N) is 2. The van der Waals surface area contributed by atoms with Crippen molar-refractivity contribution >= 4 is 5.96 Å². The quantitative estimate of drug-likeness (QED) is 0.513. The number of nitrogens with zero attached hydrogens (tertiary/aromatic N) is 2. The van der Waals surface area contributed by atoms with E-state index in [-0.39, 0.29) is 12.1 Å². The van der Waals surface area contributed by atoms with Crippen LogP contribution in [0.5, 0.6) is 0 Å². The molecule has 1 saturated heterocycles. The molecule has 2 fully saturated rings. The molecule has 3 unspecified atom stereocenters. The van der Waals surface area contributed by atoms with Gasteiger partial charge < -0.3 is 20.2 Å². The standard InChI is InChI=1S/C20H34N4O2/c1-2-21-20(22-14-16-8-6-9-18(16)25)23-15-17(19-10-7-13-26-19)24-11-4-3-5-12-24/h7,10,13,16-18,25H,2-6,8-9,11-12,14-15H2,1H3,(H2,21,22,23). The maximum absolute atomic E-state index is 10.0. The van der Waals surface area contributed by atoms with Crippen LogP contribution in [0.25, 0.3) is 0 Å². The highest BCUT2D eigenvalue weighted by molar-refractivity contribution is 5.79. The van der Waals surface area contributed by atoms with Crippen molar-refractivity contribution in [2.75, 3.05) is 32.7 Å². The first-order chi connectivity index (χ1) is 12.8. The molecule has 6 heteroatoms. The number of rotatable bonds is 7. The lowest BCUT2D eigenvalue weighted by Gasteiger charge is -2.32. The van der Waals surface area contributed by atoms with Crippen LogP contribution in [0.2, 0.25) is 0 Å². The molecule has 2 aliphatic rings. The summed E-state index contributed by atoms with van der Waals surface area (Å²) >= 11 is 0. The van der Waals surface area contributed by atoms with E-state index in [1.807, 2.05) is 6.07 Å². The predicted molar refractivity (Wildman–Crippen MR) is 104 cm³/mol. The molecule has 0 radical (unpaired) electrons. The molecule has 3 rings (SSSR count). The van der Waals surface area contributed by atoms with Crippen LogP contribution in [0, 0.1) is 5.92 Å². The van der Waals surface area contributed by atoms with Crippen LogP contribution in [0.4, 0.5) is 0 Å². The van der Waals surface area contributed by atoms with Crippen LogP contribution in [-0.4, -0.2) is 54.8 Å². The van der Waals surface area contributed by atoms with Crippen molar-refractivity contribution in [2.45, 2.75) is 57.6 Å². The first-order valence-corrected chi connectivity index (χ1v) is 10.3. The van der Waals surface area contributed by atoms with Crippen molar-refractivity contribution in [3.05, 3.63) is 24.2 Å². The minimum atomic E-state index is -0.172. The van der Waals surface area contributed by atoms with E-state index in [1.54, 1.807) is 6.26 Å². The third-order valence-corrected chi connectivity index (χ3v) is 5.62. The maximum Gasteiger partial charge on any atom is 0.191 e. The fourth-order valence-corrected chi connectivity index (χ4v) is 4.10. The van der Waals surface area contributed by atoms with Crippen molar-refractivity contribution in [1.29, 1.82) is 0 Å². The van der Waals surface area contributed by atoms with E-state index in [2.05, 4.69) is 28.5 Å². The normalized spacial score (nSPS) is 26.0. The largest absolute Gasteiger partial charge is 0.468 e. The molecule has 0 bridgehead atoms. The Labute approximate surface area is 157 Å². The van der Waals surface area contributed by atoms with Crippen molar-refractivity contribution in [1.82, 2.24) is 15.5 Å². The van der Waals surface area contributed by atoms with Gasteiger partial charge in [-0.3, -0.25) is 9.89 Å². The van der Waals surface area contributed by atoms with Gasteiger partial charge >= 0.3 is 0 Å². The fraction of sp³-hybridized carbons (Fsp3) is 0.750. The van der Waals surface area contributed by atoms with E-state index in [0.717, 1.165) is 57.2 Å². The summed E-state index contributed by atoms with van der Waals surface area (Å²) in [6.07, 6.45) is 8.54. The van der Waals surface area contributed by atoms with Gasteiger partial charge in [-0.05, 0) is 57.8 Å². The Morgan fingerprint density at radius 1 is 1.27 bits per heavy atom. The van der Waals surface area contributed by atoms with E-state index < -0.39 is 0 Å². The Bertz CT molecular complexity index is 540. The number of aliphatic hydroxyl groups is 1. The van der Waals surface area contributed by atoms with Crippen LogP contribution in [0.15, 0.2) is 27.8 Å². The lowest BCUT2D eigenvalue weighted by Crippen LogP contribution is -2.42. The summed E-state index contributed by atoms with van der Waals surface area (Å²) in [5, 5.41) is 16.8. The van der Waals surface area contributed by atoms with Gasteiger partial charge in [0.1, 0.15) is 5.76 Å². The number of likely N-dealkylation sites (tertiary alicyclic amines) is 1. The van der Waals surface area contributed by atoms with Crippen molar-refractivity contribution in [3.63, 3.8) is 0 Å². The Morgan fingerprint density at radius 2 is 2.12 bits per heavy atom. The van der Waals surface area contributed by atoms with Crippen molar-refractivity contribution in [3.8, 4) is 0 Å². The first kappa shape index (κ1) is 19.2. The number of furan rings is 1. The summed E-state index contributed by atoms with van der Waals surface area (Å²) in [7, 11) is 0. The van der Waals surface area contributed by atoms with Crippen molar-refractivity contribution in [2.24, 2.45) is 10.9 Å². The zero-order valence-electron chi connectivity index (χ0n) is 16.0. The SMILES string of the molecule is CCNC(=NCC(c1ccco1)N1CCCCC1)NCC1CCCC1O. The topological polar surface area (TPSA) is 73.0 Å². The van der Waals surface area contributed by atoms with E-state index in [1.165, 1.54) is 19.3 Å². The lowest BCUT2D eigenvalue weighted by molar-refractivity contribution is 0.134. The minimum Gasteiger partial charge on any atom is -0.468 e. The van der Waals surface area contributed by atoms with E-state index >= 15 is 0 Å². The number of hydrogen-bond acceptors (Lipinski definition) is 4. The van der Waals surface area contributed by atoms with Gasteiger partial charge in [-0.2, -0.15) is 0 Å². The molecule has 0 aromatic carbocycles. The van der Waals surface area contributed by atoms with Gasteiger partial charge in [0, 0.05) is 19.0 Å². The molecule has 1 saturated carbocycles. The molecule has 1 aliphatic heterocycles. The molecule has 3 atom stereocenters. The van der Waals surface area contributed by atoms with E-state index in [4.69, 9.17) is 9.41 Å². The second-order valence-corrected chi connectivity index (χ2v) is 7.49. The van der Waals surface area contributed by atoms with E-state index in [9.17, 15) is 5.11 Å². The van der Waals surface area contributed by atoms with E-state index in [0.29, 0.717) is 12.5 Å². The van der Waals surface area contributed by atoms with Crippen LogP contribution >= 0.6 is 0 Å². The number of hydrogen-bond donors (Lipinski definition) is 3. The highest BCUT2D eigenvalue weighted by atomic mass is 16.3. The number of aliphatic imine (C=N–C) groups is 1. The third kappa shape index (κ3) is 5.24.